The second-order valence-corrected chi connectivity index (χ2v) is 10.5. The van der Waals surface area contributed by atoms with Crippen molar-refractivity contribution >= 4 is 23.5 Å². The normalized spacial score (nSPS) is 17.8. The molecule has 4 rings (SSSR count). The van der Waals surface area contributed by atoms with E-state index in [4.69, 9.17) is 9.47 Å². The Kier molecular flexibility index (Phi) is 8.32. The van der Waals surface area contributed by atoms with Gasteiger partial charge in [0.1, 0.15) is 6.61 Å². The minimum absolute atomic E-state index is 0.122. The molecular formula is C30H39N2O5+. The van der Waals surface area contributed by atoms with Gasteiger partial charge >= 0.3 is 11.9 Å². The van der Waals surface area contributed by atoms with Crippen LogP contribution >= 0.6 is 0 Å². The Morgan fingerprint density at radius 2 is 1.62 bits per heavy atom. The Labute approximate surface area is 219 Å². The Hall–Kier alpha value is -3.19. The molecular weight excluding hydrogens is 468 g/mol. The molecule has 0 bridgehead atoms. The fraction of sp³-hybridized carbons (Fsp3) is 0.500. The van der Waals surface area contributed by atoms with Crippen LogP contribution in [0.4, 0.5) is 5.69 Å². The number of hydrogen-bond acceptors (Lipinski definition) is 5. The molecule has 0 aromatic heterocycles. The molecule has 0 unspecified atom stereocenters. The van der Waals surface area contributed by atoms with Gasteiger partial charge in [-0.3, -0.25) is 4.79 Å². The van der Waals surface area contributed by atoms with Gasteiger partial charge in [0.2, 0.25) is 0 Å². The van der Waals surface area contributed by atoms with Crippen molar-refractivity contribution in [3.05, 3.63) is 64.7 Å². The number of nitrogens with zero attached hydrogens (tertiary/aromatic N) is 1. The van der Waals surface area contributed by atoms with E-state index >= 15 is 0 Å². The van der Waals surface area contributed by atoms with Crippen molar-refractivity contribution in [2.24, 2.45) is 0 Å². The van der Waals surface area contributed by atoms with Crippen LogP contribution in [0.1, 0.15) is 72.5 Å². The Morgan fingerprint density at radius 3 is 2.24 bits per heavy atom. The van der Waals surface area contributed by atoms with E-state index in [0.717, 1.165) is 55.5 Å². The van der Waals surface area contributed by atoms with E-state index in [1.54, 1.807) is 13.0 Å². The number of ether oxygens (including phenoxy) is 2. The molecule has 7 nitrogen and oxygen atoms in total. The quantitative estimate of drug-likeness (QED) is 0.378. The molecule has 2 fully saturated rings. The number of anilines is 1. The topological polar surface area (TPSA) is 81.7 Å². The van der Waals surface area contributed by atoms with Crippen molar-refractivity contribution in [1.29, 1.82) is 0 Å². The Balaban J connectivity index is 1.58. The highest BCUT2D eigenvalue weighted by Gasteiger charge is 2.66. The molecule has 0 radical (unpaired) electrons. The number of nitrogens with one attached hydrogen (secondary N) is 1. The first-order valence-corrected chi connectivity index (χ1v) is 13.5. The highest BCUT2D eigenvalue weighted by molar-refractivity contribution is 6.06. The third kappa shape index (κ3) is 5.87. The van der Waals surface area contributed by atoms with Crippen LogP contribution in [-0.4, -0.2) is 54.1 Å². The van der Waals surface area contributed by atoms with Crippen LogP contribution in [-0.2, 0) is 25.7 Å². The average Bonchev–Trinajstić information content (AvgIpc) is 3.71. The van der Waals surface area contributed by atoms with Crippen molar-refractivity contribution in [2.75, 3.05) is 31.6 Å². The Morgan fingerprint density at radius 1 is 0.946 bits per heavy atom. The maximum absolute atomic E-state index is 14.0. The lowest BCUT2D eigenvalue weighted by atomic mass is 10.0. The van der Waals surface area contributed by atoms with Crippen LogP contribution in [0, 0.1) is 13.8 Å². The summed E-state index contributed by atoms with van der Waals surface area (Å²) in [5.41, 5.74) is 2.86. The van der Waals surface area contributed by atoms with Crippen LogP contribution in [0.25, 0.3) is 0 Å². The van der Waals surface area contributed by atoms with Crippen molar-refractivity contribution < 1.29 is 28.3 Å². The van der Waals surface area contributed by atoms with Gasteiger partial charge in [-0.2, -0.15) is 0 Å². The van der Waals surface area contributed by atoms with Crippen LogP contribution in [0.2, 0.25) is 0 Å². The summed E-state index contributed by atoms with van der Waals surface area (Å²) in [6.45, 7) is 7.78. The first kappa shape index (κ1) is 26.9. The number of likely N-dealkylation sites (tertiary alicyclic amines) is 1. The first-order valence-electron chi connectivity index (χ1n) is 13.5. The van der Waals surface area contributed by atoms with Crippen molar-refractivity contribution in [1.82, 2.24) is 0 Å². The fourth-order valence-corrected chi connectivity index (χ4v) is 5.83. The molecule has 0 spiro atoms. The zero-order valence-electron chi connectivity index (χ0n) is 22.3. The van der Waals surface area contributed by atoms with Gasteiger partial charge < -0.3 is 19.3 Å². The third-order valence-corrected chi connectivity index (χ3v) is 7.86. The second-order valence-electron chi connectivity index (χ2n) is 10.5. The summed E-state index contributed by atoms with van der Waals surface area (Å²) in [5, 5.41) is 3.11. The van der Waals surface area contributed by atoms with Gasteiger partial charge in [0.25, 0.3) is 5.91 Å². The summed E-state index contributed by atoms with van der Waals surface area (Å²) in [7, 11) is 0. The number of aryl methyl sites for hydroxylation is 2. The predicted octanol–water partition coefficient (Wildman–Crippen LogP) is 5.09. The zero-order valence-corrected chi connectivity index (χ0v) is 22.3. The summed E-state index contributed by atoms with van der Waals surface area (Å²) >= 11 is 0. The minimum atomic E-state index is -0.695. The van der Waals surface area contributed by atoms with Crippen LogP contribution in [0.5, 0.6) is 0 Å². The molecule has 1 amide bonds. The molecule has 1 aliphatic heterocycles. The highest BCUT2D eigenvalue weighted by atomic mass is 16.5. The lowest BCUT2D eigenvalue weighted by molar-refractivity contribution is -0.945. The van der Waals surface area contributed by atoms with Crippen LogP contribution in [0.15, 0.2) is 42.5 Å². The maximum Gasteiger partial charge on any atom is 0.362 e. The lowest BCUT2D eigenvalue weighted by Gasteiger charge is -2.43. The van der Waals surface area contributed by atoms with E-state index in [0.29, 0.717) is 28.6 Å². The number of carbonyl (C=O) groups excluding carboxylic acids is 3. The first-order chi connectivity index (χ1) is 17.8. The van der Waals surface area contributed by atoms with Gasteiger partial charge in [-0.1, -0.05) is 36.4 Å². The number of benzene rings is 2. The fourth-order valence-electron chi connectivity index (χ4n) is 5.83. The summed E-state index contributed by atoms with van der Waals surface area (Å²) < 4.78 is 11.4. The van der Waals surface area contributed by atoms with Crippen LogP contribution < -0.4 is 5.32 Å². The van der Waals surface area contributed by atoms with E-state index < -0.39 is 11.5 Å². The number of quaternary nitrogens is 1. The Bertz CT molecular complexity index is 1130. The van der Waals surface area contributed by atoms with Gasteiger partial charge in [-0.25, -0.2) is 9.59 Å². The molecule has 1 aliphatic carbocycles. The monoisotopic (exact) mass is 507 g/mol. The predicted molar refractivity (Wildman–Crippen MR) is 142 cm³/mol. The molecule has 2 aromatic carbocycles. The molecule has 198 valence electrons. The largest absolute Gasteiger partial charge is 0.462 e. The van der Waals surface area contributed by atoms with E-state index in [1.165, 1.54) is 0 Å². The van der Waals surface area contributed by atoms with E-state index in [9.17, 15) is 14.4 Å². The number of carbonyl (C=O) groups is 3. The summed E-state index contributed by atoms with van der Waals surface area (Å²) in [6, 6.07) is 13.4. The molecule has 2 aliphatic rings. The van der Waals surface area contributed by atoms with Crippen LogP contribution in [0.3, 0.4) is 0 Å². The van der Waals surface area contributed by atoms with E-state index in [-0.39, 0.29) is 31.6 Å². The lowest BCUT2D eigenvalue weighted by Crippen LogP contribution is -2.64. The molecule has 1 heterocycles. The molecule has 2 aromatic rings. The van der Waals surface area contributed by atoms with Gasteiger partial charge in [0.05, 0.1) is 30.9 Å². The smallest absolute Gasteiger partial charge is 0.362 e. The molecule has 1 saturated heterocycles. The summed E-state index contributed by atoms with van der Waals surface area (Å²) in [6.07, 6.45) is 5.56. The van der Waals surface area contributed by atoms with Gasteiger partial charge in [0, 0.05) is 12.8 Å². The van der Waals surface area contributed by atoms with Gasteiger partial charge in [-0.15, -0.1) is 0 Å². The maximum atomic E-state index is 14.0. The highest BCUT2D eigenvalue weighted by Crippen LogP contribution is 2.49. The van der Waals surface area contributed by atoms with E-state index in [1.807, 2.05) is 50.2 Å². The third-order valence-electron chi connectivity index (χ3n) is 7.86. The number of amides is 1. The van der Waals surface area contributed by atoms with Crippen molar-refractivity contribution in [3.63, 3.8) is 0 Å². The molecule has 0 atom stereocenters. The average molecular weight is 508 g/mol. The van der Waals surface area contributed by atoms with Crippen molar-refractivity contribution in [3.8, 4) is 0 Å². The summed E-state index contributed by atoms with van der Waals surface area (Å²) in [5.74, 6) is -0.844. The van der Waals surface area contributed by atoms with Gasteiger partial charge in [0.15, 0.2) is 12.1 Å². The second kappa shape index (κ2) is 11.5. The summed E-state index contributed by atoms with van der Waals surface area (Å²) in [4.78, 5) is 39.9. The standard InChI is InChI=1S/C30H38N2O5/c1-4-36-28(34)25-19-22(2)18-23(3)27(25)31-29(35)30(14-15-30)32(16-10-5-6-11-17-32)20-26(33)37-21-24-12-8-7-9-13-24/h7-9,12-13,18-19H,4-6,10-11,14-17,20-21H2,1-3H3/p+1. The zero-order chi connectivity index (χ0) is 26.5. The number of hydrogen-bond donors (Lipinski definition) is 1. The minimum Gasteiger partial charge on any atom is -0.462 e. The molecule has 7 heteroatoms. The molecule has 1 N–H and O–H groups in total. The molecule has 1 saturated carbocycles. The number of rotatable bonds is 9. The molecule has 37 heavy (non-hydrogen) atoms. The van der Waals surface area contributed by atoms with Crippen molar-refractivity contribution in [2.45, 2.75) is 71.4 Å². The van der Waals surface area contributed by atoms with E-state index in [2.05, 4.69) is 5.32 Å². The van der Waals surface area contributed by atoms with Gasteiger partial charge in [-0.05, 0) is 69.2 Å². The SMILES string of the molecule is CCOC(=O)c1cc(C)cc(C)c1NC(=O)C1([N+]2(CC(=O)OCc3ccccc3)CCCCCC2)CC1. The number of esters is 2.